The molecule has 0 unspecified atom stereocenters. The van der Waals surface area contributed by atoms with Crippen LogP contribution in [-0.4, -0.2) is 13.0 Å². The summed E-state index contributed by atoms with van der Waals surface area (Å²) in [6, 6.07) is 12.6. The molecular weight excluding hydrogens is 370 g/mol. The predicted octanol–water partition coefficient (Wildman–Crippen LogP) is 4.76. The number of aromatic nitrogens is 1. The normalized spacial score (nSPS) is 11.8. The first-order valence-corrected chi connectivity index (χ1v) is 11.4. The molecule has 0 aliphatic rings. The second-order valence-corrected chi connectivity index (χ2v) is 8.99. The third-order valence-electron chi connectivity index (χ3n) is 5.20. The van der Waals surface area contributed by atoms with E-state index in [4.69, 9.17) is 0 Å². The van der Waals surface area contributed by atoms with Crippen LogP contribution in [0.15, 0.2) is 63.2 Å². The summed E-state index contributed by atoms with van der Waals surface area (Å²) in [6.45, 7) is 6.81. The highest BCUT2D eigenvalue weighted by Gasteiger charge is 2.24. The van der Waals surface area contributed by atoms with Crippen molar-refractivity contribution in [2.75, 3.05) is 0 Å². The first-order valence-electron chi connectivity index (χ1n) is 9.92. The topological polar surface area (TPSA) is 56.1 Å². The molecule has 0 saturated heterocycles. The fraction of sp³-hybridized carbons (Fsp3) is 0.348. The summed E-state index contributed by atoms with van der Waals surface area (Å²) in [5.74, 6) is 0. The van der Waals surface area contributed by atoms with E-state index < -0.39 is 15.3 Å². The molecule has 28 heavy (non-hydrogen) atoms. The Labute approximate surface area is 166 Å². The van der Waals surface area contributed by atoms with Crippen LogP contribution in [0, 0.1) is 0 Å². The van der Waals surface area contributed by atoms with E-state index in [0.29, 0.717) is 11.9 Å². The van der Waals surface area contributed by atoms with Gasteiger partial charge in [0.25, 0.3) is 0 Å². The van der Waals surface area contributed by atoms with Gasteiger partial charge in [-0.15, -0.1) is 0 Å². The zero-order chi connectivity index (χ0) is 20.3. The molecule has 0 spiro atoms. The van der Waals surface area contributed by atoms with Crippen molar-refractivity contribution in [1.82, 2.24) is 4.57 Å². The Bertz CT molecular complexity index is 1140. The molecule has 5 heteroatoms. The van der Waals surface area contributed by atoms with Crippen molar-refractivity contribution >= 4 is 20.7 Å². The monoisotopic (exact) mass is 397 g/mol. The number of nitrogens with zero attached hydrogens (tertiary/aromatic N) is 1. The Balaban J connectivity index is 2.26. The largest absolute Gasteiger partial charge is 0.346 e. The number of hydrogen-bond acceptors (Lipinski definition) is 3. The van der Waals surface area contributed by atoms with Gasteiger partial charge in [0.05, 0.1) is 10.4 Å². The second kappa shape index (κ2) is 8.31. The molecule has 148 valence electrons. The molecule has 3 rings (SSSR count). The third kappa shape index (κ3) is 3.76. The number of benzene rings is 2. The summed E-state index contributed by atoms with van der Waals surface area (Å²) < 4.78 is 28.4. The van der Waals surface area contributed by atoms with E-state index in [2.05, 4.69) is 6.92 Å². The Morgan fingerprint density at radius 1 is 0.893 bits per heavy atom. The van der Waals surface area contributed by atoms with Gasteiger partial charge in [-0.3, -0.25) is 4.79 Å². The Morgan fingerprint density at radius 3 is 2.14 bits per heavy atom. The van der Waals surface area contributed by atoms with Gasteiger partial charge in [0, 0.05) is 18.1 Å². The first kappa shape index (κ1) is 20.3. The lowest BCUT2D eigenvalue weighted by molar-refractivity contribution is 0.591. The van der Waals surface area contributed by atoms with Crippen LogP contribution in [0.5, 0.6) is 0 Å². The Kier molecular flexibility index (Phi) is 6.04. The summed E-state index contributed by atoms with van der Waals surface area (Å²) >= 11 is 0. The smallest absolute Gasteiger partial charge is 0.211 e. The molecule has 0 amide bonds. The Morgan fingerprint density at radius 2 is 1.54 bits per heavy atom. The fourth-order valence-corrected chi connectivity index (χ4v) is 4.74. The van der Waals surface area contributed by atoms with Gasteiger partial charge in [0.2, 0.25) is 15.3 Å². The highest BCUT2D eigenvalue weighted by molar-refractivity contribution is 7.91. The van der Waals surface area contributed by atoms with Gasteiger partial charge in [-0.1, -0.05) is 45.4 Å². The van der Waals surface area contributed by atoms with Crippen molar-refractivity contribution in [3.05, 3.63) is 70.0 Å². The first-order chi connectivity index (χ1) is 13.4. The average Bonchev–Trinajstić information content (AvgIpc) is 2.72. The number of unbranched alkanes of at least 4 members (excludes halogenated alkanes) is 1. The van der Waals surface area contributed by atoms with Crippen LogP contribution in [0.3, 0.4) is 0 Å². The van der Waals surface area contributed by atoms with E-state index in [1.165, 1.54) is 6.20 Å². The van der Waals surface area contributed by atoms with Crippen molar-refractivity contribution in [3.8, 4) is 0 Å². The summed E-state index contributed by atoms with van der Waals surface area (Å²) in [6.07, 6.45) is 5.05. The van der Waals surface area contributed by atoms with Crippen molar-refractivity contribution in [2.24, 2.45) is 0 Å². The lowest BCUT2D eigenvalue weighted by atomic mass is 10.1. The average molecular weight is 398 g/mol. The van der Waals surface area contributed by atoms with E-state index in [9.17, 15) is 13.2 Å². The van der Waals surface area contributed by atoms with E-state index in [-0.39, 0.29) is 9.79 Å². The van der Waals surface area contributed by atoms with Crippen molar-refractivity contribution in [2.45, 2.75) is 62.8 Å². The van der Waals surface area contributed by atoms with E-state index in [0.717, 1.165) is 42.3 Å². The van der Waals surface area contributed by atoms with E-state index >= 15 is 0 Å². The molecule has 0 bridgehead atoms. The van der Waals surface area contributed by atoms with Gasteiger partial charge >= 0.3 is 0 Å². The van der Waals surface area contributed by atoms with Gasteiger partial charge in [-0.25, -0.2) is 8.42 Å². The molecule has 0 aliphatic heterocycles. The quantitative estimate of drug-likeness (QED) is 0.578. The van der Waals surface area contributed by atoms with Gasteiger partial charge in [-0.05, 0) is 54.7 Å². The molecule has 0 radical (unpaired) electrons. The molecule has 0 N–H and O–H groups in total. The van der Waals surface area contributed by atoms with Crippen LogP contribution in [-0.2, 0) is 29.2 Å². The van der Waals surface area contributed by atoms with Gasteiger partial charge in [-0.2, -0.15) is 0 Å². The highest BCUT2D eigenvalue weighted by atomic mass is 32.2. The Hall–Kier alpha value is -2.40. The molecule has 3 aromatic rings. The zero-order valence-electron chi connectivity index (χ0n) is 16.7. The van der Waals surface area contributed by atoms with Crippen molar-refractivity contribution in [1.29, 1.82) is 0 Å². The molecule has 1 aromatic heterocycles. The second-order valence-electron chi connectivity index (χ2n) is 7.08. The van der Waals surface area contributed by atoms with Crippen LogP contribution in [0.25, 0.3) is 10.9 Å². The molecule has 0 saturated carbocycles. The summed E-state index contributed by atoms with van der Waals surface area (Å²) in [7, 11) is -3.89. The van der Waals surface area contributed by atoms with Gasteiger partial charge < -0.3 is 4.57 Å². The van der Waals surface area contributed by atoms with Crippen molar-refractivity contribution in [3.63, 3.8) is 0 Å². The van der Waals surface area contributed by atoms with Gasteiger partial charge in [0.15, 0.2) is 0 Å². The molecule has 4 nitrogen and oxygen atoms in total. The summed E-state index contributed by atoms with van der Waals surface area (Å²) in [5, 5.41) is 0.474. The van der Waals surface area contributed by atoms with E-state index in [1.807, 2.05) is 36.6 Å². The minimum Gasteiger partial charge on any atom is -0.346 e. The van der Waals surface area contributed by atoms with Gasteiger partial charge in [0.1, 0.15) is 4.90 Å². The number of fused-ring (bicyclic) bond motifs is 1. The lowest BCUT2D eigenvalue weighted by Gasteiger charge is -2.14. The minimum absolute atomic E-state index is 0.145. The molecule has 0 aliphatic carbocycles. The maximum atomic E-state index is 13.3. The summed E-state index contributed by atoms with van der Waals surface area (Å²) in [4.78, 5) is 13.2. The third-order valence-corrected chi connectivity index (χ3v) is 6.97. The number of sulfone groups is 1. The highest BCUT2D eigenvalue weighted by Crippen LogP contribution is 2.23. The maximum Gasteiger partial charge on any atom is 0.211 e. The number of hydrogen-bond donors (Lipinski definition) is 0. The lowest BCUT2D eigenvalue weighted by Crippen LogP contribution is -2.19. The standard InChI is InChI=1S/C23H27NO3S/c1-4-7-14-24-16-22(23(25)20-15-18(6-3)10-13-21(20)24)28(26,27)19-11-8-17(5-2)9-12-19/h8-13,15-16H,4-7,14H2,1-3H3. The molecular formula is C23H27NO3S. The van der Waals surface area contributed by atoms with Crippen LogP contribution in [0.4, 0.5) is 0 Å². The zero-order valence-corrected chi connectivity index (χ0v) is 17.6. The molecule has 0 atom stereocenters. The molecule has 2 aromatic carbocycles. The summed E-state index contributed by atoms with van der Waals surface area (Å²) in [5.41, 5.74) is 2.45. The maximum absolute atomic E-state index is 13.3. The molecule has 1 heterocycles. The van der Waals surface area contributed by atoms with Crippen LogP contribution >= 0.6 is 0 Å². The van der Waals surface area contributed by atoms with E-state index in [1.54, 1.807) is 24.3 Å². The number of rotatable bonds is 7. The molecule has 0 fully saturated rings. The number of pyridine rings is 1. The number of aryl methyl sites for hydroxylation is 3. The SMILES string of the molecule is CCCCn1cc(S(=O)(=O)c2ccc(CC)cc2)c(=O)c2cc(CC)ccc21. The predicted molar refractivity (Wildman–Crippen MR) is 114 cm³/mol. The fourth-order valence-electron chi connectivity index (χ4n) is 3.37. The van der Waals surface area contributed by atoms with Crippen LogP contribution < -0.4 is 5.43 Å². The minimum atomic E-state index is -3.89. The van der Waals surface area contributed by atoms with Crippen LogP contribution in [0.2, 0.25) is 0 Å². The van der Waals surface area contributed by atoms with Crippen LogP contribution in [0.1, 0.15) is 44.7 Å². The van der Waals surface area contributed by atoms with Crippen molar-refractivity contribution < 1.29 is 8.42 Å².